The number of methoxy groups -OCH3 is 1. The summed E-state index contributed by atoms with van der Waals surface area (Å²) >= 11 is 0. The molecule has 2 N–H and O–H groups in total. The van der Waals surface area contributed by atoms with Gasteiger partial charge in [0.2, 0.25) is 10.0 Å². The molecule has 1 aromatic rings. The number of rotatable bonds is 7. The summed E-state index contributed by atoms with van der Waals surface area (Å²) in [5, 5.41) is 9.40. The molecule has 0 aliphatic heterocycles. The fourth-order valence-electron chi connectivity index (χ4n) is 1.62. The monoisotopic (exact) mass is 301 g/mol. The van der Waals surface area contributed by atoms with Crippen LogP contribution >= 0.6 is 0 Å². The van der Waals surface area contributed by atoms with E-state index in [0.29, 0.717) is 12.8 Å². The number of esters is 1. The molecule has 0 aliphatic rings. The molecule has 0 saturated carbocycles. The third kappa shape index (κ3) is 4.29. The zero-order valence-corrected chi connectivity index (χ0v) is 12.3. The van der Waals surface area contributed by atoms with Crippen LogP contribution in [0.15, 0.2) is 29.2 Å². The number of aliphatic hydroxyl groups is 1. The number of hydrogen-bond donors (Lipinski definition) is 2. The van der Waals surface area contributed by atoms with Crippen LogP contribution in [0.4, 0.5) is 0 Å². The Morgan fingerprint density at radius 2 is 2.05 bits per heavy atom. The zero-order valence-electron chi connectivity index (χ0n) is 11.5. The van der Waals surface area contributed by atoms with Gasteiger partial charge in [-0.1, -0.05) is 19.1 Å². The van der Waals surface area contributed by atoms with Gasteiger partial charge >= 0.3 is 5.97 Å². The number of aliphatic hydroxyl groups excluding tert-OH is 1. The van der Waals surface area contributed by atoms with Crippen molar-refractivity contribution in [3.8, 4) is 0 Å². The van der Waals surface area contributed by atoms with Crippen molar-refractivity contribution in [1.29, 1.82) is 0 Å². The van der Waals surface area contributed by atoms with Gasteiger partial charge in [-0.2, -0.15) is 0 Å². The molecule has 0 spiro atoms. The molecule has 0 heterocycles. The van der Waals surface area contributed by atoms with Gasteiger partial charge < -0.3 is 9.84 Å². The van der Waals surface area contributed by atoms with E-state index in [4.69, 9.17) is 0 Å². The number of nitrogens with one attached hydrogen (secondary N) is 1. The first-order chi connectivity index (χ1) is 9.42. The summed E-state index contributed by atoms with van der Waals surface area (Å²) in [6, 6.07) is 5.82. The third-order valence-corrected chi connectivity index (χ3v) is 4.34. The molecule has 112 valence electrons. The highest BCUT2D eigenvalue weighted by Gasteiger charge is 2.22. The van der Waals surface area contributed by atoms with Gasteiger partial charge in [0, 0.05) is 6.54 Å². The standard InChI is InChI=1S/C13H19NO5S/c1-3-10(15)8-9-14-20(17,18)12-7-5-4-6-11(12)13(16)19-2/h4-7,10,14-15H,3,8-9H2,1-2H3. The highest BCUT2D eigenvalue weighted by molar-refractivity contribution is 7.89. The molecule has 1 unspecified atom stereocenters. The Kier molecular flexibility index (Phi) is 6.12. The van der Waals surface area contributed by atoms with E-state index >= 15 is 0 Å². The Morgan fingerprint density at radius 1 is 1.40 bits per heavy atom. The maximum atomic E-state index is 12.1. The predicted molar refractivity (Wildman–Crippen MR) is 73.9 cm³/mol. The van der Waals surface area contributed by atoms with Crippen LogP contribution in [0.1, 0.15) is 30.1 Å². The molecule has 0 bridgehead atoms. The van der Waals surface area contributed by atoms with Gasteiger partial charge in [0.05, 0.1) is 23.7 Å². The summed E-state index contributed by atoms with van der Waals surface area (Å²) in [6.45, 7) is 1.92. The Labute approximate surface area is 118 Å². The lowest BCUT2D eigenvalue weighted by Crippen LogP contribution is -2.28. The molecule has 0 radical (unpaired) electrons. The van der Waals surface area contributed by atoms with Gasteiger partial charge in [-0.15, -0.1) is 0 Å². The first-order valence-electron chi connectivity index (χ1n) is 6.27. The van der Waals surface area contributed by atoms with Crippen molar-refractivity contribution in [3.05, 3.63) is 29.8 Å². The molecule has 0 saturated heterocycles. The van der Waals surface area contributed by atoms with Crippen molar-refractivity contribution in [1.82, 2.24) is 4.72 Å². The van der Waals surface area contributed by atoms with E-state index in [9.17, 15) is 18.3 Å². The van der Waals surface area contributed by atoms with Crippen molar-refractivity contribution in [3.63, 3.8) is 0 Å². The van der Waals surface area contributed by atoms with Gasteiger partial charge in [-0.3, -0.25) is 0 Å². The average Bonchev–Trinajstić information content (AvgIpc) is 2.46. The van der Waals surface area contributed by atoms with E-state index in [1.54, 1.807) is 6.07 Å². The number of ether oxygens (including phenoxy) is 1. The maximum absolute atomic E-state index is 12.1. The molecular formula is C13H19NO5S. The number of sulfonamides is 1. The van der Waals surface area contributed by atoms with Gasteiger partial charge in [-0.05, 0) is 25.0 Å². The number of hydrogen-bond acceptors (Lipinski definition) is 5. The lowest BCUT2D eigenvalue weighted by molar-refractivity contribution is 0.0596. The molecule has 0 fully saturated rings. The van der Waals surface area contributed by atoms with E-state index in [1.165, 1.54) is 25.3 Å². The second-order valence-corrected chi connectivity index (χ2v) is 5.97. The van der Waals surface area contributed by atoms with Crippen LogP contribution in [0, 0.1) is 0 Å². The molecule has 1 aromatic carbocycles. The minimum absolute atomic E-state index is 0.0152. The van der Waals surface area contributed by atoms with Crippen molar-refractivity contribution >= 4 is 16.0 Å². The Bertz CT molecular complexity index is 556. The summed E-state index contributed by atoms with van der Waals surface area (Å²) in [6.07, 6.45) is 0.324. The van der Waals surface area contributed by atoms with Gasteiger partial charge in [0.1, 0.15) is 0 Å². The minimum Gasteiger partial charge on any atom is -0.465 e. The molecule has 0 aromatic heterocycles. The fraction of sp³-hybridized carbons (Fsp3) is 0.462. The fourth-order valence-corrected chi connectivity index (χ4v) is 2.86. The second kappa shape index (κ2) is 7.37. The van der Waals surface area contributed by atoms with E-state index in [1.807, 2.05) is 6.92 Å². The molecule has 7 heteroatoms. The third-order valence-electron chi connectivity index (χ3n) is 2.82. The Hall–Kier alpha value is -1.44. The van der Waals surface area contributed by atoms with Crippen LogP contribution in [0.3, 0.4) is 0 Å². The van der Waals surface area contributed by atoms with E-state index in [-0.39, 0.29) is 17.0 Å². The van der Waals surface area contributed by atoms with Crippen molar-refractivity contribution in [2.24, 2.45) is 0 Å². The van der Waals surface area contributed by atoms with Crippen LogP contribution < -0.4 is 4.72 Å². The number of carbonyl (C=O) groups excluding carboxylic acids is 1. The normalized spacial score (nSPS) is 12.9. The first kappa shape index (κ1) is 16.6. The topological polar surface area (TPSA) is 92.7 Å². The van der Waals surface area contributed by atoms with Crippen LogP contribution in [-0.4, -0.2) is 39.3 Å². The smallest absolute Gasteiger partial charge is 0.339 e. The average molecular weight is 301 g/mol. The summed E-state index contributed by atoms with van der Waals surface area (Å²) in [7, 11) is -2.62. The minimum atomic E-state index is -3.81. The van der Waals surface area contributed by atoms with E-state index < -0.39 is 22.1 Å². The van der Waals surface area contributed by atoms with Gasteiger partial charge in [0.25, 0.3) is 0 Å². The summed E-state index contributed by atoms with van der Waals surface area (Å²) in [4.78, 5) is 11.4. The molecule has 0 amide bonds. The van der Waals surface area contributed by atoms with E-state index in [0.717, 1.165) is 0 Å². The molecule has 20 heavy (non-hydrogen) atoms. The van der Waals surface area contributed by atoms with E-state index in [2.05, 4.69) is 9.46 Å². The summed E-state index contributed by atoms with van der Waals surface area (Å²) < 4.78 is 31.2. The van der Waals surface area contributed by atoms with Crippen LogP contribution in [-0.2, 0) is 14.8 Å². The Balaban J connectivity index is 2.90. The quantitative estimate of drug-likeness (QED) is 0.730. The summed E-state index contributed by atoms with van der Waals surface area (Å²) in [5.41, 5.74) is -0.0152. The van der Waals surface area contributed by atoms with Crippen LogP contribution in [0.25, 0.3) is 0 Å². The van der Waals surface area contributed by atoms with Crippen LogP contribution in [0.2, 0.25) is 0 Å². The Morgan fingerprint density at radius 3 is 2.65 bits per heavy atom. The summed E-state index contributed by atoms with van der Waals surface area (Å²) in [5.74, 6) is -0.709. The predicted octanol–water partition coefficient (Wildman–Crippen LogP) is 0.912. The van der Waals surface area contributed by atoms with Crippen molar-refractivity contribution < 1.29 is 23.1 Å². The van der Waals surface area contributed by atoms with Gasteiger partial charge in [0.15, 0.2) is 0 Å². The highest BCUT2D eigenvalue weighted by atomic mass is 32.2. The molecule has 1 atom stereocenters. The molecule has 1 rings (SSSR count). The molecule has 0 aliphatic carbocycles. The zero-order chi connectivity index (χ0) is 15.2. The highest BCUT2D eigenvalue weighted by Crippen LogP contribution is 2.16. The number of carbonyl (C=O) groups is 1. The lowest BCUT2D eigenvalue weighted by Gasteiger charge is -2.11. The molecular weight excluding hydrogens is 282 g/mol. The van der Waals surface area contributed by atoms with Gasteiger partial charge in [-0.25, -0.2) is 17.9 Å². The van der Waals surface area contributed by atoms with Crippen LogP contribution in [0.5, 0.6) is 0 Å². The maximum Gasteiger partial charge on any atom is 0.339 e. The number of benzene rings is 1. The van der Waals surface area contributed by atoms with Crippen molar-refractivity contribution in [2.45, 2.75) is 30.8 Å². The molecule has 6 nitrogen and oxygen atoms in total. The SMILES string of the molecule is CCC(O)CCNS(=O)(=O)c1ccccc1C(=O)OC. The second-order valence-electron chi connectivity index (χ2n) is 4.24. The first-order valence-corrected chi connectivity index (χ1v) is 7.75. The van der Waals surface area contributed by atoms with Crippen molar-refractivity contribution in [2.75, 3.05) is 13.7 Å². The largest absolute Gasteiger partial charge is 0.465 e. The lowest BCUT2D eigenvalue weighted by atomic mass is 10.2.